The first-order valence-corrected chi connectivity index (χ1v) is 8.35. The molecule has 0 saturated heterocycles. The van der Waals surface area contributed by atoms with Gasteiger partial charge in [-0.15, -0.1) is 0 Å². The van der Waals surface area contributed by atoms with Gasteiger partial charge in [-0.2, -0.15) is 5.10 Å². The largest absolute Gasteiger partial charge is 0.444 e. The van der Waals surface area contributed by atoms with Crippen molar-refractivity contribution in [3.63, 3.8) is 0 Å². The van der Waals surface area contributed by atoms with Crippen LogP contribution in [-0.2, 0) is 17.9 Å². The Morgan fingerprint density at radius 2 is 1.88 bits per heavy atom. The summed E-state index contributed by atoms with van der Waals surface area (Å²) in [6, 6.07) is 15.8. The number of benzene rings is 2. The molecule has 0 saturated carbocycles. The quantitative estimate of drug-likeness (QED) is 0.677. The standard InChI is InChI=1S/C18H15BrFN3O2/c19-15-11-23(10-14-8-4-5-9-16(14)20)22-17(15)21-18(24)25-12-13-6-2-1-3-7-13/h1-9,11H,10,12H2,(H,21,22,24). The molecule has 3 aromatic rings. The maximum absolute atomic E-state index is 13.7. The third-order valence-corrected chi connectivity index (χ3v) is 4.02. The molecule has 3 rings (SSSR count). The Morgan fingerprint density at radius 3 is 2.64 bits per heavy atom. The predicted octanol–water partition coefficient (Wildman–Crippen LogP) is 4.58. The fourth-order valence-corrected chi connectivity index (χ4v) is 2.63. The fourth-order valence-electron chi connectivity index (χ4n) is 2.22. The number of anilines is 1. The lowest BCUT2D eigenvalue weighted by atomic mass is 10.2. The van der Waals surface area contributed by atoms with Crippen molar-refractivity contribution in [2.45, 2.75) is 13.2 Å². The second-order valence-electron chi connectivity index (χ2n) is 5.30. The molecule has 0 aliphatic carbocycles. The van der Waals surface area contributed by atoms with Gasteiger partial charge in [0.25, 0.3) is 0 Å². The van der Waals surface area contributed by atoms with Crippen LogP contribution in [0.4, 0.5) is 15.0 Å². The van der Waals surface area contributed by atoms with Crippen LogP contribution in [0.2, 0.25) is 0 Å². The third kappa shape index (κ3) is 4.67. The van der Waals surface area contributed by atoms with Crippen molar-refractivity contribution in [3.8, 4) is 0 Å². The highest BCUT2D eigenvalue weighted by molar-refractivity contribution is 9.10. The number of carbonyl (C=O) groups excluding carboxylic acids is 1. The number of amides is 1. The summed E-state index contributed by atoms with van der Waals surface area (Å²) in [4.78, 5) is 11.9. The highest BCUT2D eigenvalue weighted by Crippen LogP contribution is 2.21. The van der Waals surface area contributed by atoms with E-state index in [1.807, 2.05) is 30.3 Å². The smallest absolute Gasteiger partial charge is 0.413 e. The van der Waals surface area contributed by atoms with E-state index >= 15 is 0 Å². The van der Waals surface area contributed by atoms with Gasteiger partial charge < -0.3 is 4.74 Å². The van der Waals surface area contributed by atoms with Gasteiger partial charge in [0.1, 0.15) is 12.4 Å². The van der Waals surface area contributed by atoms with Crippen LogP contribution in [-0.4, -0.2) is 15.9 Å². The topological polar surface area (TPSA) is 56.2 Å². The van der Waals surface area contributed by atoms with Crippen LogP contribution in [0.25, 0.3) is 0 Å². The van der Waals surface area contributed by atoms with E-state index in [4.69, 9.17) is 4.74 Å². The maximum Gasteiger partial charge on any atom is 0.413 e. The summed E-state index contributed by atoms with van der Waals surface area (Å²) in [5.74, 6) is 0.0142. The van der Waals surface area contributed by atoms with E-state index in [-0.39, 0.29) is 19.0 Å². The molecular formula is C18H15BrFN3O2. The lowest BCUT2D eigenvalue weighted by Crippen LogP contribution is -2.14. The van der Waals surface area contributed by atoms with Gasteiger partial charge in [0, 0.05) is 11.8 Å². The zero-order valence-electron chi connectivity index (χ0n) is 13.2. The van der Waals surface area contributed by atoms with Gasteiger partial charge in [0.15, 0.2) is 5.82 Å². The molecule has 25 heavy (non-hydrogen) atoms. The normalized spacial score (nSPS) is 10.5. The molecule has 0 aliphatic rings. The summed E-state index contributed by atoms with van der Waals surface area (Å²) in [6.45, 7) is 0.423. The number of nitrogens with zero attached hydrogens (tertiary/aromatic N) is 2. The second-order valence-corrected chi connectivity index (χ2v) is 6.16. The van der Waals surface area contributed by atoms with Gasteiger partial charge in [-0.3, -0.25) is 10.00 Å². The summed E-state index contributed by atoms with van der Waals surface area (Å²) in [5.41, 5.74) is 1.40. The Bertz CT molecular complexity index is 868. The molecular weight excluding hydrogens is 389 g/mol. The van der Waals surface area contributed by atoms with Crippen LogP contribution < -0.4 is 5.32 Å². The summed E-state index contributed by atoms with van der Waals surface area (Å²) in [7, 11) is 0. The van der Waals surface area contributed by atoms with Crippen molar-refractivity contribution < 1.29 is 13.9 Å². The van der Waals surface area contributed by atoms with Gasteiger partial charge in [-0.05, 0) is 27.6 Å². The van der Waals surface area contributed by atoms with E-state index in [1.165, 1.54) is 10.7 Å². The van der Waals surface area contributed by atoms with E-state index in [2.05, 4.69) is 26.3 Å². The monoisotopic (exact) mass is 403 g/mol. The average molecular weight is 404 g/mol. The molecule has 0 atom stereocenters. The Kier molecular flexibility index (Phi) is 5.45. The highest BCUT2D eigenvalue weighted by atomic mass is 79.9. The van der Waals surface area contributed by atoms with E-state index in [0.29, 0.717) is 15.9 Å². The van der Waals surface area contributed by atoms with E-state index in [1.54, 1.807) is 24.4 Å². The number of carbonyl (C=O) groups is 1. The number of aromatic nitrogens is 2. The molecule has 1 heterocycles. The highest BCUT2D eigenvalue weighted by Gasteiger charge is 2.12. The minimum Gasteiger partial charge on any atom is -0.444 e. The molecule has 128 valence electrons. The Labute approximate surface area is 152 Å². The van der Waals surface area contributed by atoms with Crippen molar-refractivity contribution in [2.24, 2.45) is 0 Å². The number of ether oxygens (including phenoxy) is 1. The van der Waals surface area contributed by atoms with Crippen LogP contribution in [0.5, 0.6) is 0 Å². The number of halogens is 2. The first kappa shape index (κ1) is 17.2. The number of nitrogens with one attached hydrogen (secondary N) is 1. The second kappa shape index (κ2) is 7.94. The van der Waals surface area contributed by atoms with E-state index in [0.717, 1.165) is 5.56 Å². The molecule has 7 heteroatoms. The Balaban J connectivity index is 1.60. The van der Waals surface area contributed by atoms with Gasteiger partial charge in [-0.1, -0.05) is 48.5 Å². The lowest BCUT2D eigenvalue weighted by molar-refractivity contribution is 0.155. The molecule has 0 fully saturated rings. The van der Waals surface area contributed by atoms with E-state index < -0.39 is 6.09 Å². The first-order valence-electron chi connectivity index (χ1n) is 7.56. The fraction of sp³-hybridized carbons (Fsp3) is 0.111. The summed E-state index contributed by atoms with van der Waals surface area (Å²) < 4.78 is 21.0. The van der Waals surface area contributed by atoms with Gasteiger partial charge in [-0.25, -0.2) is 9.18 Å². The molecule has 0 aliphatic heterocycles. The van der Waals surface area contributed by atoms with Gasteiger partial charge in [0.05, 0.1) is 11.0 Å². The van der Waals surface area contributed by atoms with Crippen LogP contribution in [0.15, 0.2) is 65.3 Å². The van der Waals surface area contributed by atoms with Crippen LogP contribution in [0, 0.1) is 5.82 Å². The van der Waals surface area contributed by atoms with Crippen molar-refractivity contribution in [1.82, 2.24) is 9.78 Å². The van der Waals surface area contributed by atoms with Crippen molar-refractivity contribution >= 4 is 27.8 Å². The number of hydrogen-bond donors (Lipinski definition) is 1. The predicted molar refractivity (Wildman–Crippen MR) is 95.7 cm³/mol. The molecule has 1 aromatic heterocycles. The van der Waals surface area contributed by atoms with Crippen LogP contribution in [0.1, 0.15) is 11.1 Å². The van der Waals surface area contributed by atoms with Gasteiger partial charge in [0.2, 0.25) is 0 Å². The third-order valence-electron chi connectivity index (χ3n) is 3.44. The summed E-state index contributed by atoms with van der Waals surface area (Å²) >= 11 is 3.33. The summed E-state index contributed by atoms with van der Waals surface area (Å²) in [5, 5.41) is 6.80. The number of rotatable bonds is 5. The summed E-state index contributed by atoms with van der Waals surface area (Å²) in [6.07, 6.45) is 1.06. The minimum absolute atomic E-state index is 0.167. The lowest BCUT2D eigenvalue weighted by Gasteiger charge is -2.06. The maximum atomic E-state index is 13.7. The van der Waals surface area contributed by atoms with Crippen molar-refractivity contribution in [2.75, 3.05) is 5.32 Å². The van der Waals surface area contributed by atoms with Crippen LogP contribution >= 0.6 is 15.9 Å². The molecule has 0 spiro atoms. The molecule has 1 N–H and O–H groups in total. The number of hydrogen-bond acceptors (Lipinski definition) is 3. The zero-order valence-corrected chi connectivity index (χ0v) is 14.7. The minimum atomic E-state index is -0.610. The molecule has 0 radical (unpaired) electrons. The van der Waals surface area contributed by atoms with Crippen LogP contribution in [0.3, 0.4) is 0 Å². The molecule has 2 aromatic carbocycles. The SMILES string of the molecule is O=C(Nc1nn(Cc2ccccc2F)cc1Br)OCc1ccccc1. The Morgan fingerprint density at radius 1 is 1.16 bits per heavy atom. The molecule has 1 amide bonds. The molecule has 0 bridgehead atoms. The van der Waals surface area contributed by atoms with Crippen molar-refractivity contribution in [3.05, 3.63) is 82.2 Å². The van der Waals surface area contributed by atoms with Crippen molar-refractivity contribution in [1.29, 1.82) is 0 Å². The van der Waals surface area contributed by atoms with E-state index in [9.17, 15) is 9.18 Å². The van der Waals surface area contributed by atoms with Gasteiger partial charge >= 0.3 is 6.09 Å². The first-order chi connectivity index (χ1) is 12.1. The molecule has 5 nitrogen and oxygen atoms in total. The average Bonchev–Trinajstić information content (AvgIpc) is 2.95. The zero-order chi connectivity index (χ0) is 17.6. The molecule has 0 unspecified atom stereocenters. The Hall–Kier alpha value is -2.67.